The van der Waals surface area contributed by atoms with Crippen LogP contribution in [0.4, 0.5) is 0 Å². The van der Waals surface area contributed by atoms with Crippen molar-refractivity contribution in [1.82, 2.24) is 0 Å². The number of hydrogen-bond acceptors (Lipinski definition) is 0. The summed E-state index contributed by atoms with van der Waals surface area (Å²) in [6.45, 7) is 0. The summed E-state index contributed by atoms with van der Waals surface area (Å²) in [6, 6.07) is 45.1. The molecule has 0 N–H and O–H groups in total. The van der Waals surface area contributed by atoms with E-state index in [1.807, 2.05) is 0 Å². The minimum atomic E-state index is -0.826. The first kappa shape index (κ1) is 43.4. The Bertz CT molecular complexity index is 2510. The average molecular weight is 913 g/mol. The number of benzene rings is 6. The monoisotopic (exact) mass is 910 g/mol. The minimum absolute atomic E-state index is 0. The maximum atomic E-state index is 4.93. The number of fused-ring (bicyclic) bond motifs is 6. The summed E-state index contributed by atoms with van der Waals surface area (Å²) in [4.78, 5) is 0. The maximum absolute atomic E-state index is 4.93. The molecule has 4 unspecified atom stereocenters. The summed E-state index contributed by atoms with van der Waals surface area (Å²) in [7, 11) is 9.87. The van der Waals surface area contributed by atoms with Gasteiger partial charge in [0.05, 0.1) is 0 Å². The Labute approximate surface area is 383 Å². The molecule has 0 heterocycles. The fraction of sp³-hybridized carbons (Fsp3) is 0.207. The first-order chi connectivity index (χ1) is 29.1. The van der Waals surface area contributed by atoms with Crippen molar-refractivity contribution >= 4 is 61.9 Å². The molecule has 6 aliphatic rings. The van der Waals surface area contributed by atoms with E-state index in [1.165, 1.54) is 86.4 Å². The molecule has 0 nitrogen and oxygen atoms in total. The second-order valence-electron chi connectivity index (χ2n) is 17.2. The summed E-state index contributed by atoms with van der Waals surface area (Å²) < 4.78 is 0. The summed E-state index contributed by atoms with van der Waals surface area (Å²) >= 11 is -0.826. The van der Waals surface area contributed by atoms with Gasteiger partial charge >= 0.3 is 37.9 Å². The average Bonchev–Trinajstić information content (AvgIpc) is 4.10. The van der Waals surface area contributed by atoms with Crippen molar-refractivity contribution in [2.24, 2.45) is 23.7 Å². The number of allylic oxidation sites excluding steroid dienone is 10. The summed E-state index contributed by atoms with van der Waals surface area (Å²) in [6.07, 6.45) is 30.8. The van der Waals surface area contributed by atoms with E-state index in [1.54, 1.807) is 16.5 Å². The normalized spacial score (nSPS) is 23.1. The number of rotatable bonds is 4. The van der Waals surface area contributed by atoms with Gasteiger partial charge in [-0.2, -0.15) is 0 Å². The van der Waals surface area contributed by atoms with E-state index in [9.17, 15) is 0 Å². The molecule has 12 rings (SSSR count). The van der Waals surface area contributed by atoms with Crippen LogP contribution in [-0.4, -0.2) is 0 Å². The van der Waals surface area contributed by atoms with Crippen LogP contribution in [0.15, 0.2) is 170 Å². The Morgan fingerprint density at radius 2 is 0.770 bits per heavy atom. The molecule has 0 saturated heterocycles. The van der Waals surface area contributed by atoms with Crippen LogP contribution < -0.4 is 0 Å². The molecule has 2 fully saturated rings. The van der Waals surface area contributed by atoms with Crippen LogP contribution in [-0.2, 0) is 33.7 Å². The quantitative estimate of drug-likeness (QED) is 0.155. The summed E-state index contributed by atoms with van der Waals surface area (Å²) in [5.41, 5.74) is 14.4. The zero-order valence-electron chi connectivity index (χ0n) is 35.3. The Morgan fingerprint density at radius 3 is 1.16 bits per heavy atom. The molecule has 6 aromatic rings. The molecule has 3 heteroatoms. The summed E-state index contributed by atoms with van der Waals surface area (Å²) in [5.74, 6) is 4.33. The predicted molar refractivity (Wildman–Crippen MR) is 263 cm³/mol. The molecular weight excluding hydrogens is 859 g/mol. The van der Waals surface area contributed by atoms with E-state index in [-0.39, 0.29) is 14.9 Å². The SMILES string of the molecule is C1=C(c2cccc3cccc(C4=Cc5ccccc5C4)c23)Cc2ccccc21.C1=CC2CC(c3cccc4cccc(C5CC6C=CC=CC6C5)c34)CC2C=C1.[CH3-].[CH3-].[Cl][Zr+2][Cl]. The van der Waals surface area contributed by atoms with Crippen LogP contribution in [0.3, 0.4) is 0 Å². The van der Waals surface area contributed by atoms with Gasteiger partial charge in [-0.3, -0.25) is 0 Å². The van der Waals surface area contributed by atoms with Crippen LogP contribution in [0.5, 0.6) is 0 Å². The molecule has 0 spiro atoms. The fourth-order valence-corrected chi connectivity index (χ4v) is 11.3. The van der Waals surface area contributed by atoms with Gasteiger partial charge < -0.3 is 14.9 Å². The molecule has 6 aromatic carbocycles. The van der Waals surface area contributed by atoms with Crippen LogP contribution in [0, 0.1) is 38.5 Å². The van der Waals surface area contributed by atoms with Gasteiger partial charge in [0.15, 0.2) is 0 Å². The Hall–Kier alpha value is -4.26. The van der Waals surface area contributed by atoms with Gasteiger partial charge in [-0.05, 0) is 151 Å². The van der Waals surface area contributed by atoms with Gasteiger partial charge in [0.25, 0.3) is 0 Å². The zero-order chi connectivity index (χ0) is 39.7. The van der Waals surface area contributed by atoms with Crippen molar-refractivity contribution in [2.75, 3.05) is 0 Å². The topological polar surface area (TPSA) is 0 Å². The Kier molecular flexibility index (Phi) is 13.8. The van der Waals surface area contributed by atoms with E-state index in [4.69, 9.17) is 17.0 Å². The third kappa shape index (κ3) is 8.74. The molecule has 0 aliphatic heterocycles. The van der Waals surface area contributed by atoms with Crippen LogP contribution in [0.2, 0.25) is 0 Å². The van der Waals surface area contributed by atoms with E-state index >= 15 is 0 Å². The van der Waals surface area contributed by atoms with Crippen molar-refractivity contribution < 1.29 is 20.8 Å². The van der Waals surface area contributed by atoms with Crippen LogP contribution in [0.1, 0.15) is 82.0 Å². The molecule has 2 saturated carbocycles. The van der Waals surface area contributed by atoms with Gasteiger partial charge in [-0.1, -0.05) is 182 Å². The predicted octanol–water partition coefficient (Wildman–Crippen LogP) is 16.6. The van der Waals surface area contributed by atoms with Gasteiger partial charge in [0.2, 0.25) is 0 Å². The second kappa shape index (κ2) is 19.4. The third-order valence-corrected chi connectivity index (χ3v) is 14.0. The molecule has 0 amide bonds. The van der Waals surface area contributed by atoms with Crippen molar-refractivity contribution in [2.45, 2.75) is 50.4 Å². The van der Waals surface area contributed by atoms with E-state index in [2.05, 4.69) is 182 Å². The van der Waals surface area contributed by atoms with E-state index in [0.717, 1.165) is 36.5 Å². The molecule has 304 valence electrons. The van der Waals surface area contributed by atoms with E-state index in [0.29, 0.717) is 11.8 Å². The first-order valence-corrected chi connectivity index (χ1v) is 27.8. The molecule has 61 heavy (non-hydrogen) atoms. The van der Waals surface area contributed by atoms with Gasteiger partial charge in [0, 0.05) is 0 Å². The first-order valence-electron chi connectivity index (χ1n) is 21.4. The third-order valence-electron chi connectivity index (χ3n) is 14.0. The summed E-state index contributed by atoms with van der Waals surface area (Å²) in [5, 5.41) is 5.74. The zero-order valence-corrected chi connectivity index (χ0v) is 39.3. The molecule has 6 aliphatic carbocycles. The second-order valence-corrected chi connectivity index (χ2v) is 20.9. The Morgan fingerprint density at radius 1 is 0.410 bits per heavy atom. The van der Waals surface area contributed by atoms with Crippen molar-refractivity contribution in [3.05, 3.63) is 229 Å². The Balaban J connectivity index is 0.000000154. The fourth-order valence-electron chi connectivity index (χ4n) is 11.3. The van der Waals surface area contributed by atoms with Gasteiger partial charge in [0.1, 0.15) is 0 Å². The molecule has 0 bridgehead atoms. The molecule has 0 aromatic heterocycles. The van der Waals surface area contributed by atoms with Crippen LogP contribution >= 0.6 is 17.0 Å². The van der Waals surface area contributed by atoms with Gasteiger partial charge in [-0.25, -0.2) is 0 Å². The van der Waals surface area contributed by atoms with Crippen molar-refractivity contribution in [3.63, 3.8) is 0 Å². The standard InChI is InChI=1S/C28H28.C28H20.2CH3.2ClH.Zr/c2*1-2-8-21-16-24(15-20(21)7-1)26-13-5-11-19-12-6-14-27(28(19)26)25-17-22-9-3-4-10-23(22)18-25;;;;;/h1-14,20-25H,15-18H2;1-15,17H,16,18H2;2*1H3;2*1H;/q;;2*-1;;;+4/p-2. The van der Waals surface area contributed by atoms with Crippen molar-refractivity contribution in [3.8, 4) is 0 Å². The molecule has 4 atom stereocenters. The molecular formula is C58H54Cl2Zr. The van der Waals surface area contributed by atoms with Gasteiger partial charge in [-0.15, -0.1) is 0 Å². The molecule has 0 radical (unpaired) electrons. The van der Waals surface area contributed by atoms with Crippen molar-refractivity contribution in [1.29, 1.82) is 0 Å². The van der Waals surface area contributed by atoms with E-state index < -0.39 is 20.8 Å². The number of halogens is 2. The number of hydrogen-bond donors (Lipinski definition) is 0. The van der Waals surface area contributed by atoms with Crippen LogP contribution in [0.25, 0.3) is 44.8 Å².